The number of aromatic nitrogens is 1. The maximum Gasteiger partial charge on any atom is 0.123 e. The zero-order valence-corrected chi connectivity index (χ0v) is 9.54. The third kappa shape index (κ3) is 2.59. The molecule has 0 saturated carbocycles. The van der Waals surface area contributed by atoms with Crippen molar-refractivity contribution in [3.05, 3.63) is 58.6 Å². The average Bonchev–Trinajstić information content (AvgIpc) is 2.72. The minimum atomic E-state index is -0.220. The highest BCUT2D eigenvalue weighted by atomic mass is 79.9. The van der Waals surface area contributed by atoms with Crippen molar-refractivity contribution in [3.63, 3.8) is 0 Å². The van der Waals surface area contributed by atoms with Gasteiger partial charge in [0.1, 0.15) is 5.82 Å². The van der Waals surface area contributed by atoms with E-state index in [2.05, 4.69) is 21.4 Å². The second kappa shape index (κ2) is 4.49. The molecule has 4 heteroatoms. The van der Waals surface area contributed by atoms with Crippen molar-refractivity contribution in [2.24, 2.45) is 0 Å². The monoisotopic (exact) mass is 268 g/mol. The molecule has 0 bridgehead atoms. The van der Waals surface area contributed by atoms with Crippen LogP contribution < -0.4 is 5.43 Å². The van der Waals surface area contributed by atoms with Crippen LogP contribution in [0.25, 0.3) is 0 Å². The molecule has 15 heavy (non-hydrogen) atoms. The highest BCUT2D eigenvalue weighted by molar-refractivity contribution is 9.10. The lowest BCUT2D eigenvalue weighted by Crippen LogP contribution is -2.12. The van der Waals surface area contributed by atoms with E-state index in [0.717, 1.165) is 10.0 Å². The summed E-state index contributed by atoms with van der Waals surface area (Å²) in [5, 5.41) is 0. The molecular formula is C11H10BrFN2. The molecule has 78 valence electrons. The topological polar surface area (TPSA) is 17.0 Å². The van der Waals surface area contributed by atoms with Crippen LogP contribution in [0.4, 0.5) is 4.39 Å². The van der Waals surface area contributed by atoms with Crippen molar-refractivity contribution < 1.29 is 4.39 Å². The molecule has 0 amide bonds. The Kier molecular flexibility index (Phi) is 3.06. The van der Waals surface area contributed by atoms with Crippen molar-refractivity contribution in [1.82, 2.24) is 4.68 Å². The van der Waals surface area contributed by atoms with E-state index in [9.17, 15) is 4.39 Å². The van der Waals surface area contributed by atoms with E-state index in [1.165, 1.54) is 12.1 Å². The summed E-state index contributed by atoms with van der Waals surface area (Å²) in [6.07, 6.45) is 3.79. The number of hydrogen-bond donors (Lipinski definition) is 1. The van der Waals surface area contributed by atoms with Crippen LogP contribution in [-0.2, 0) is 6.54 Å². The molecule has 0 atom stereocenters. The molecule has 0 fully saturated rings. The van der Waals surface area contributed by atoms with E-state index in [0.29, 0.717) is 6.54 Å². The molecular weight excluding hydrogens is 259 g/mol. The standard InChI is InChI=1S/C11H10BrFN2/c12-11-4-3-10(13)7-9(11)8-14-15-5-1-2-6-15/h1-7,14H,8H2. The lowest BCUT2D eigenvalue weighted by atomic mass is 10.2. The molecule has 1 heterocycles. The summed E-state index contributed by atoms with van der Waals surface area (Å²) in [5.74, 6) is -0.220. The Morgan fingerprint density at radius 2 is 2.00 bits per heavy atom. The van der Waals surface area contributed by atoms with Crippen LogP contribution >= 0.6 is 15.9 Å². The van der Waals surface area contributed by atoms with Crippen LogP contribution in [-0.4, -0.2) is 4.68 Å². The molecule has 0 aliphatic heterocycles. The predicted molar refractivity (Wildman–Crippen MR) is 61.6 cm³/mol. The first-order valence-corrected chi connectivity index (χ1v) is 5.36. The molecule has 2 rings (SSSR count). The van der Waals surface area contributed by atoms with Crippen LogP contribution in [0.15, 0.2) is 47.2 Å². The Labute approximate surface area is 95.8 Å². The summed E-state index contributed by atoms with van der Waals surface area (Å²) in [4.78, 5) is 0. The fourth-order valence-electron chi connectivity index (χ4n) is 1.30. The van der Waals surface area contributed by atoms with Crippen molar-refractivity contribution >= 4 is 15.9 Å². The van der Waals surface area contributed by atoms with Gasteiger partial charge in [-0.2, -0.15) is 0 Å². The van der Waals surface area contributed by atoms with Crippen molar-refractivity contribution in [3.8, 4) is 0 Å². The van der Waals surface area contributed by atoms with E-state index in [-0.39, 0.29) is 5.82 Å². The van der Waals surface area contributed by atoms with Gasteiger partial charge in [-0.3, -0.25) is 4.68 Å². The van der Waals surface area contributed by atoms with Crippen molar-refractivity contribution in [2.45, 2.75) is 6.54 Å². The van der Waals surface area contributed by atoms with E-state index in [4.69, 9.17) is 0 Å². The maximum absolute atomic E-state index is 13.0. The zero-order chi connectivity index (χ0) is 10.7. The van der Waals surface area contributed by atoms with Gasteiger partial charge in [0, 0.05) is 16.9 Å². The highest BCUT2D eigenvalue weighted by Crippen LogP contribution is 2.17. The molecule has 0 aliphatic rings. The van der Waals surface area contributed by atoms with Gasteiger partial charge in [0.15, 0.2) is 0 Å². The van der Waals surface area contributed by atoms with Gasteiger partial charge in [-0.1, -0.05) is 15.9 Å². The van der Waals surface area contributed by atoms with Crippen molar-refractivity contribution in [1.29, 1.82) is 0 Å². The predicted octanol–water partition coefficient (Wildman–Crippen LogP) is 3.13. The second-order valence-electron chi connectivity index (χ2n) is 3.16. The molecule has 2 nitrogen and oxygen atoms in total. The second-order valence-corrected chi connectivity index (χ2v) is 4.02. The SMILES string of the molecule is Fc1ccc(Br)c(CNn2cccc2)c1. The third-order valence-electron chi connectivity index (χ3n) is 2.06. The van der Waals surface area contributed by atoms with Crippen molar-refractivity contribution in [2.75, 3.05) is 5.43 Å². The fourth-order valence-corrected chi connectivity index (χ4v) is 1.68. The van der Waals surface area contributed by atoms with Crippen LogP contribution in [0.2, 0.25) is 0 Å². The summed E-state index contributed by atoms with van der Waals surface area (Å²) < 4.78 is 15.7. The summed E-state index contributed by atoms with van der Waals surface area (Å²) in [5.41, 5.74) is 4.02. The number of nitrogens with one attached hydrogen (secondary N) is 1. The highest BCUT2D eigenvalue weighted by Gasteiger charge is 2.00. The molecule has 0 unspecified atom stereocenters. The quantitative estimate of drug-likeness (QED) is 0.905. The number of halogens is 2. The van der Waals surface area contributed by atoms with Gasteiger partial charge < -0.3 is 5.43 Å². The molecule has 1 N–H and O–H groups in total. The lowest BCUT2D eigenvalue weighted by molar-refractivity contribution is 0.624. The van der Waals surface area contributed by atoms with Gasteiger partial charge in [0.05, 0.1) is 6.54 Å². The number of rotatable bonds is 3. The minimum absolute atomic E-state index is 0.220. The Balaban J connectivity index is 2.07. The van der Waals surface area contributed by atoms with Gasteiger partial charge in [0.2, 0.25) is 0 Å². The molecule has 1 aromatic carbocycles. The van der Waals surface area contributed by atoms with E-state index < -0.39 is 0 Å². The first-order chi connectivity index (χ1) is 7.25. The van der Waals surface area contributed by atoms with Gasteiger partial charge >= 0.3 is 0 Å². The van der Waals surface area contributed by atoms with Gasteiger partial charge in [-0.05, 0) is 35.9 Å². The molecule has 2 aromatic rings. The number of benzene rings is 1. The summed E-state index contributed by atoms with van der Waals surface area (Å²) >= 11 is 3.38. The molecule has 1 aromatic heterocycles. The Morgan fingerprint density at radius 1 is 1.27 bits per heavy atom. The lowest BCUT2D eigenvalue weighted by Gasteiger charge is -2.09. The summed E-state index contributed by atoms with van der Waals surface area (Å²) in [7, 11) is 0. The van der Waals surface area contributed by atoms with E-state index in [1.807, 2.05) is 29.2 Å². The van der Waals surface area contributed by atoms with Crippen LogP contribution in [0.1, 0.15) is 5.56 Å². The summed E-state index contributed by atoms with van der Waals surface area (Å²) in [6, 6.07) is 8.51. The van der Waals surface area contributed by atoms with Crippen LogP contribution in [0, 0.1) is 5.82 Å². The Bertz CT molecular complexity index is 440. The Hall–Kier alpha value is -1.29. The largest absolute Gasteiger partial charge is 0.322 e. The van der Waals surface area contributed by atoms with Gasteiger partial charge in [0.25, 0.3) is 0 Å². The molecule has 0 spiro atoms. The number of nitrogens with zero attached hydrogens (tertiary/aromatic N) is 1. The van der Waals surface area contributed by atoms with Gasteiger partial charge in [-0.15, -0.1) is 0 Å². The third-order valence-corrected chi connectivity index (χ3v) is 2.84. The Morgan fingerprint density at radius 3 is 2.73 bits per heavy atom. The van der Waals surface area contributed by atoms with E-state index >= 15 is 0 Å². The first-order valence-electron chi connectivity index (χ1n) is 4.56. The maximum atomic E-state index is 13.0. The molecule has 0 radical (unpaired) electrons. The van der Waals surface area contributed by atoms with Gasteiger partial charge in [-0.25, -0.2) is 4.39 Å². The minimum Gasteiger partial charge on any atom is -0.322 e. The zero-order valence-electron chi connectivity index (χ0n) is 7.95. The van der Waals surface area contributed by atoms with Crippen LogP contribution in [0.5, 0.6) is 0 Å². The van der Waals surface area contributed by atoms with E-state index in [1.54, 1.807) is 6.07 Å². The fraction of sp³-hybridized carbons (Fsp3) is 0.0909. The van der Waals surface area contributed by atoms with Crippen LogP contribution in [0.3, 0.4) is 0 Å². The smallest absolute Gasteiger partial charge is 0.123 e. The normalized spacial score (nSPS) is 10.3. The molecule has 0 aliphatic carbocycles. The molecule has 0 saturated heterocycles. The summed E-state index contributed by atoms with van der Waals surface area (Å²) in [6.45, 7) is 0.576. The number of hydrogen-bond acceptors (Lipinski definition) is 1. The first kappa shape index (κ1) is 10.2. The average molecular weight is 269 g/mol.